The number of ketones is 1. The molecule has 0 unspecified atom stereocenters. The number of ether oxygens (including phenoxy) is 1. The molecule has 1 amide bonds. The molecule has 1 heterocycles. The Morgan fingerprint density at radius 2 is 1.70 bits per heavy atom. The summed E-state index contributed by atoms with van der Waals surface area (Å²) in [4.78, 5) is 31.8. The normalized spacial score (nSPS) is 11.7. The number of fused-ring (bicyclic) bond motifs is 1. The molecule has 0 fully saturated rings. The van der Waals surface area contributed by atoms with Gasteiger partial charge in [-0.2, -0.15) is 0 Å². The summed E-state index contributed by atoms with van der Waals surface area (Å²) in [6, 6.07) is 13.6. The van der Waals surface area contributed by atoms with Crippen LogP contribution in [0.4, 0.5) is 4.79 Å². The Bertz CT molecular complexity index is 1190. The van der Waals surface area contributed by atoms with Crippen LogP contribution in [-0.2, 0) is 6.42 Å². The molecule has 33 heavy (non-hydrogen) atoms. The Morgan fingerprint density at radius 1 is 1.06 bits per heavy atom. The smallest absolute Gasteiger partial charge is 0.408 e. The van der Waals surface area contributed by atoms with Gasteiger partial charge in [-0.25, -0.2) is 9.78 Å². The maximum Gasteiger partial charge on any atom is 0.415 e. The van der Waals surface area contributed by atoms with Gasteiger partial charge in [-0.3, -0.25) is 4.79 Å². The van der Waals surface area contributed by atoms with Crippen molar-refractivity contribution < 1.29 is 14.3 Å². The minimum Gasteiger partial charge on any atom is -0.408 e. The van der Waals surface area contributed by atoms with Crippen molar-refractivity contribution >= 4 is 22.8 Å². The van der Waals surface area contributed by atoms with E-state index >= 15 is 0 Å². The summed E-state index contributed by atoms with van der Waals surface area (Å²) in [5, 5.41) is 0.792. The molecule has 0 aliphatic rings. The average molecular weight is 447 g/mol. The van der Waals surface area contributed by atoms with E-state index in [-0.39, 0.29) is 5.78 Å². The fraction of sp³-hybridized carbons (Fsp3) is 0.393. The number of nitrogens with zero attached hydrogens (tertiary/aromatic N) is 2. The second-order valence-corrected chi connectivity index (χ2v) is 10.1. The third kappa shape index (κ3) is 5.41. The standard InChI is InChI=1S/C28H34N2O3/c1-17(2)15-24-26(33-27(32)30(8)28(5,6)7)25(20-11-9-18(3)10-12-20)22-16-21(19(4)31)13-14-23(22)29-24/h9-14,16-17H,15H2,1-8H3. The molecular weight excluding hydrogens is 412 g/mol. The molecule has 3 aromatic rings. The van der Waals surface area contributed by atoms with E-state index in [2.05, 4.69) is 13.8 Å². The summed E-state index contributed by atoms with van der Waals surface area (Å²) < 4.78 is 6.10. The van der Waals surface area contributed by atoms with Crippen molar-refractivity contribution in [1.82, 2.24) is 9.88 Å². The summed E-state index contributed by atoms with van der Waals surface area (Å²) >= 11 is 0. The van der Waals surface area contributed by atoms with E-state index < -0.39 is 11.6 Å². The number of amides is 1. The highest BCUT2D eigenvalue weighted by atomic mass is 16.6. The topological polar surface area (TPSA) is 59.5 Å². The molecule has 0 saturated heterocycles. The van der Waals surface area contributed by atoms with Gasteiger partial charge in [0.1, 0.15) is 0 Å². The number of carbonyl (C=O) groups excluding carboxylic acids is 2. The van der Waals surface area contributed by atoms with E-state index in [1.807, 2.05) is 64.1 Å². The van der Waals surface area contributed by atoms with E-state index in [1.54, 1.807) is 24.9 Å². The fourth-order valence-electron chi connectivity index (χ4n) is 3.59. The van der Waals surface area contributed by atoms with Crippen LogP contribution in [0.5, 0.6) is 5.75 Å². The van der Waals surface area contributed by atoms with Crippen LogP contribution in [0.25, 0.3) is 22.0 Å². The van der Waals surface area contributed by atoms with Gasteiger partial charge in [0.05, 0.1) is 11.2 Å². The second-order valence-electron chi connectivity index (χ2n) is 10.1. The molecule has 0 radical (unpaired) electrons. The van der Waals surface area contributed by atoms with E-state index in [4.69, 9.17) is 9.72 Å². The van der Waals surface area contributed by atoms with Crippen LogP contribution in [0.1, 0.15) is 63.2 Å². The van der Waals surface area contributed by atoms with Crippen LogP contribution < -0.4 is 4.74 Å². The van der Waals surface area contributed by atoms with Crippen molar-refractivity contribution in [3.05, 3.63) is 59.3 Å². The Labute approximate surface area is 196 Å². The highest BCUT2D eigenvalue weighted by molar-refractivity contribution is 6.04. The zero-order valence-corrected chi connectivity index (χ0v) is 20.9. The van der Waals surface area contributed by atoms with Gasteiger partial charge in [-0.05, 0) is 70.7 Å². The summed E-state index contributed by atoms with van der Waals surface area (Å²) in [6.07, 6.45) is 0.218. The first-order chi connectivity index (χ1) is 15.4. The van der Waals surface area contributed by atoms with Crippen LogP contribution >= 0.6 is 0 Å². The minimum atomic E-state index is -0.440. The van der Waals surface area contributed by atoms with Gasteiger partial charge in [-0.15, -0.1) is 0 Å². The van der Waals surface area contributed by atoms with Gasteiger partial charge < -0.3 is 9.64 Å². The average Bonchev–Trinajstić information content (AvgIpc) is 2.72. The molecule has 174 valence electrons. The number of hydrogen-bond donors (Lipinski definition) is 0. The van der Waals surface area contributed by atoms with Gasteiger partial charge in [-0.1, -0.05) is 43.7 Å². The number of aryl methyl sites for hydroxylation is 1. The Hall–Kier alpha value is -3.21. The van der Waals surface area contributed by atoms with Crippen molar-refractivity contribution in [2.24, 2.45) is 5.92 Å². The first-order valence-corrected chi connectivity index (χ1v) is 11.4. The molecule has 0 bridgehead atoms. The van der Waals surface area contributed by atoms with E-state index in [0.717, 1.165) is 33.3 Å². The quantitative estimate of drug-likeness (QED) is 0.403. The highest BCUT2D eigenvalue weighted by Gasteiger charge is 2.28. The zero-order valence-electron chi connectivity index (χ0n) is 20.9. The molecule has 5 nitrogen and oxygen atoms in total. The van der Waals surface area contributed by atoms with Crippen molar-refractivity contribution in [2.45, 2.75) is 60.4 Å². The number of pyridine rings is 1. The largest absolute Gasteiger partial charge is 0.415 e. The fourth-order valence-corrected chi connectivity index (χ4v) is 3.59. The van der Waals surface area contributed by atoms with E-state index in [1.165, 1.54) is 0 Å². The monoisotopic (exact) mass is 446 g/mol. The molecule has 0 aliphatic heterocycles. The van der Waals surface area contributed by atoms with Crippen LogP contribution in [-0.4, -0.2) is 34.3 Å². The van der Waals surface area contributed by atoms with Gasteiger partial charge in [0, 0.05) is 29.1 Å². The van der Waals surface area contributed by atoms with Crippen molar-refractivity contribution in [2.75, 3.05) is 7.05 Å². The van der Waals surface area contributed by atoms with Crippen LogP contribution in [0, 0.1) is 12.8 Å². The zero-order chi connectivity index (χ0) is 24.5. The third-order valence-corrected chi connectivity index (χ3v) is 5.83. The molecule has 1 aromatic heterocycles. The first kappa shape index (κ1) is 24.4. The molecule has 5 heteroatoms. The number of carbonyl (C=O) groups is 2. The number of rotatable bonds is 5. The summed E-state index contributed by atoms with van der Waals surface area (Å²) in [5.74, 6) is 0.751. The lowest BCUT2D eigenvalue weighted by Gasteiger charge is -2.31. The maximum atomic E-state index is 13.2. The Morgan fingerprint density at radius 3 is 2.24 bits per heavy atom. The lowest BCUT2D eigenvalue weighted by Crippen LogP contribution is -2.44. The molecule has 3 rings (SSSR count). The minimum absolute atomic E-state index is 0.0241. The number of hydrogen-bond acceptors (Lipinski definition) is 4. The van der Waals surface area contributed by atoms with Crippen molar-refractivity contribution in [1.29, 1.82) is 0 Å². The summed E-state index contributed by atoms with van der Waals surface area (Å²) in [5.41, 5.74) is 4.54. The molecule has 0 saturated carbocycles. The lowest BCUT2D eigenvalue weighted by atomic mass is 9.94. The number of Topliss-reactive ketones (excluding diaryl/α,β-unsaturated/α-hetero) is 1. The van der Waals surface area contributed by atoms with Crippen molar-refractivity contribution in [3.8, 4) is 16.9 Å². The van der Waals surface area contributed by atoms with Gasteiger partial charge in [0.2, 0.25) is 0 Å². The maximum absolute atomic E-state index is 13.2. The molecule has 0 atom stereocenters. The van der Waals surface area contributed by atoms with E-state index in [0.29, 0.717) is 23.7 Å². The molecule has 0 spiro atoms. The SMILES string of the molecule is CC(=O)c1ccc2nc(CC(C)C)c(OC(=O)N(C)C(C)(C)C)c(-c3ccc(C)cc3)c2c1. The molecular formula is C28H34N2O3. The predicted molar refractivity (Wildman–Crippen MR) is 134 cm³/mol. The highest BCUT2D eigenvalue weighted by Crippen LogP contribution is 2.40. The van der Waals surface area contributed by atoms with Gasteiger partial charge in [0.15, 0.2) is 11.5 Å². The number of aromatic nitrogens is 1. The second kappa shape index (κ2) is 9.34. The lowest BCUT2D eigenvalue weighted by molar-refractivity contribution is 0.101. The third-order valence-electron chi connectivity index (χ3n) is 5.83. The molecule has 0 N–H and O–H groups in total. The summed E-state index contributed by atoms with van der Waals surface area (Å²) in [6.45, 7) is 13.7. The Balaban J connectivity index is 2.35. The van der Waals surface area contributed by atoms with Crippen LogP contribution in [0.15, 0.2) is 42.5 Å². The van der Waals surface area contributed by atoms with Gasteiger partial charge >= 0.3 is 6.09 Å². The van der Waals surface area contributed by atoms with Crippen LogP contribution in [0.3, 0.4) is 0 Å². The van der Waals surface area contributed by atoms with Crippen LogP contribution in [0.2, 0.25) is 0 Å². The predicted octanol–water partition coefficient (Wildman–Crippen LogP) is 6.84. The van der Waals surface area contributed by atoms with Gasteiger partial charge in [0.25, 0.3) is 0 Å². The summed E-state index contributed by atoms with van der Waals surface area (Å²) in [7, 11) is 1.73. The molecule has 0 aliphatic carbocycles. The number of benzene rings is 2. The Kier molecular flexibility index (Phi) is 6.92. The first-order valence-electron chi connectivity index (χ1n) is 11.4. The van der Waals surface area contributed by atoms with Crippen molar-refractivity contribution in [3.63, 3.8) is 0 Å². The molecule has 2 aromatic carbocycles. The van der Waals surface area contributed by atoms with E-state index in [9.17, 15) is 9.59 Å².